The summed E-state index contributed by atoms with van der Waals surface area (Å²) in [5.41, 5.74) is 1.85. The standard InChI is InChI=1S/C22H20N4O2S2/c1-2-25-21(28)17(30-22(25)29)14-16-19(23-12-11-15-8-4-3-5-9-15)24-18-10-6-7-13-26(18)20(16)27/h3-10,13-14,23H,2,11-12H2,1H3. The van der Waals surface area contributed by atoms with E-state index >= 15 is 0 Å². The van der Waals surface area contributed by atoms with Crippen molar-refractivity contribution in [2.24, 2.45) is 0 Å². The lowest BCUT2D eigenvalue weighted by molar-refractivity contribution is -0.121. The van der Waals surface area contributed by atoms with Crippen LogP contribution < -0.4 is 10.9 Å². The number of nitrogens with zero attached hydrogens (tertiary/aromatic N) is 3. The highest BCUT2D eigenvalue weighted by atomic mass is 32.2. The molecule has 1 saturated heterocycles. The van der Waals surface area contributed by atoms with Crippen LogP contribution in [0.1, 0.15) is 18.1 Å². The van der Waals surface area contributed by atoms with Gasteiger partial charge < -0.3 is 5.32 Å². The van der Waals surface area contributed by atoms with Gasteiger partial charge in [-0.3, -0.25) is 18.9 Å². The van der Waals surface area contributed by atoms with Gasteiger partial charge in [0.2, 0.25) is 0 Å². The van der Waals surface area contributed by atoms with E-state index in [0.29, 0.717) is 39.3 Å². The number of nitrogens with one attached hydrogen (secondary N) is 1. The lowest BCUT2D eigenvalue weighted by atomic mass is 10.1. The van der Waals surface area contributed by atoms with Gasteiger partial charge in [-0.15, -0.1) is 0 Å². The topological polar surface area (TPSA) is 66.7 Å². The molecule has 6 nitrogen and oxygen atoms in total. The molecule has 1 aliphatic rings. The quantitative estimate of drug-likeness (QED) is 0.471. The molecule has 0 saturated carbocycles. The van der Waals surface area contributed by atoms with Gasteiger partial charge in [0.15, 0.2) is 0 Å². The minimum atomic E-state index is -0.232. The summed E-state index contributed by atoms with van der Waals surface area (Å²) in [4.78, 5) is 32.4. The van der Waals surface area contributed by atoms with Gasteiger partial charge in [-0.1, -0.05) is 60.4 Å². The molecule has 0 spiro atoms. The Balaban J connectivity index is 1.71. The molecule has 4 rings (SSSR count). The van der Waals surface area contributed by atoms with Crippen LogP contribution in [0.3, 0.4) is 0 Å². The highest BCUT2D eigenvalue weighted by molar-refractivity contribution is 8.26. The second kappa shape index (κ2) is 8.81. The monoisotopic (exact) mass is 436 g/mol. The maximum atomic E-state index is 13.2. The number of hydrogen-bond acceptors (Lipinski definition) is 6. The summed E-state index contributed by atoms with van der Waals surface area (Å²) in [6, 6.07) is 15.5. The predicted molar refractivity (Wildman–Crippen MR) is 126 cm³/mol. The first kappa shape index (κ1) is 20.3. The van der Waals surface area contributed by atoms with E-state index < -0.39 is 0 Å². The SMILES string of the molecule is CCN1C(=O)C(=Cc2c(NCCc3ccccc3)nc3ccccn3c2=O)SC1=S. The van der Waals surface area contributed by atoms with E-state index in [1.54, 1.807) is 24.4 Å². The third-order valence-corrected chi connectivity index (χ3v) is 6.16. The molecular formula is C22H20N4O2S2. The number of amides is 1. The smallest absolute Gasteiger partial charge is 0.267 e. The van der Waals surface area contributed by atoms with Crippen LogP contribution in [0.25, 0.3) is 11.7 Å². The summed E-state index contributed by atoms with van der Waals surface area (Å²) < 4.78 is 1.98. The van der Waals surface area contributed by atoms with E-state index in [1.165, 1.54) is 26.6 Å². The van der Waals surface area contributed by atoms with Gasteiger partial charge in [-0.2, -0.15) is 0 Å². The first-order valence-corrected chi connectivity index (χ1v) is 10.9. The summed E-state index contributed by atoms with van der Waals surface area (Å²) in [5, 5.41) is 3.28. The van der Waals surface area contributed by atoms with Crippen molar-refractivity contribution in [2.45, 2.75) is 13.3 Å². The van der Waals surface area contributed by atoms with Crippen LogP contribution in [0, 0.1) is 0 Å². The van der Waals surface area contributed by atoms with Gasteiger partial charge >= 0.3 is 0 Å². The first-order valence-electron chi connectivity index (χ1n) is 9.63. The second-order valence-corrected chi connectivity index (χ2v) is 8.37. The number of hydrogen-bond donors (Lipinski definition) is 1. The van der Waals surface area contributed by atoms with Crippen LogP contribution in [0.15, 0.2) is 64.4 Å². The van der Waals surface area contributed by atoms with Crippen molar-refractivity contribution < 1.29 is 4.79 Å². The zero-order chi connectivity index (χ0) is 21.1. The third kappa shape index (κ3) is 4.01. The summed E-state index contributed by atoms with van der Waals surface area (Å²) in [6.45, 7) is 2.98. The van der Waals surface area contributed by atoms with Crippen molar-refractivity contribution in [3.05, 3.63) is 81.1 Å². The number of pyridine rings is 1. The Kier molecular flexibility index (Phi) is 5.96. The summed E-state index contributed by atoms with van der Waals surface area (Å²) in [6.07, 6.45) is 4.07. The summed E-state index contributed by atoms with van der Waals surface area (Å²) in [5.74, 6) is 0.282. The fraction of sp³-hybridized carbons (Fsp3) is 0.182. The van der Waals surface area contributed by atoms with Crippen LogP contribution >= 0.6 is 24.0 Å². The van der Waals surface area contributed by atoms with E-state index in [1.807, 2.05) is 31.2 Å². The van der Waals surface area contributed by atoms with Gasteiger partial charge in [0.25, 0.3) is 11.5 Å². The van der Waals surface area contributed by atoms with Crippen molar-refractivity contribution in [3.8, 4) is 0 Å². The molecule has 1 amide bonds. The molecule has 0 unspecified atom stereocenters. The van der Waals surface area contributed by atoms with Gasteiger partial charge in [0.1, 0.15) is 15.8 Å². The van der Waals surface area contributed by atoms with Gasteiger partial charge in [0, 0.05) is 19.3 Å². The van der Waals surface area contributed by atoms with Gasteiger partial charge in [-0.25, -0.2) is 4.98 Å². The van der Waals surface area contributed by atoms with Crippen molar-refractivity contribution in [1.82, 2.24) is 14.3 Å². The zero-order valence-corrected chi connectivity index (χ0v) is 18.0. The second-order valence-electron chi connectivity index (χ2n) is 6.70. The highest BCUT2D eigenvalue weighted by Crippen LogP contribution is 2.32. The number of aromatic nitrogens is 2. The molecule has 152 valence electrons. The molecule has 3 heterocycles. The number of thiocarbonyl (C=S) groups is 1. The number of benzene rings is 1. The molecule has 30 heavy (non-hydrogen) atoms. The predicted octanol–water partition coefficient (Wildman–Crippen LogP) is 3.57. The van der Waals surface area contributed by atoms with Crippen LogP contribution in [0.4, 0.5) is 5.82 Å². The average Bonchev–Trinajstić information content (AvgIpc) is 3.03. The first-order chi connectivity index (χ1) is 14.6. The van der Waals surface area contributed by atoms with Gasteiger partial charge in [0.05, 0.1) is 10.5 Å². The van der Waals surface area contributed by atoms with Crippen LogP contribution in [-0.2, 0) is 11.2 Å². The van der Waals surface area contributed by atoms with Crippen LogP contribution in [0.5, 0.6) is 0 Å². The zero-order valence-electron chi connectivity index (χ0n) is 16.4. The van der Waals surface area contributed by atoms with Crippen LogP contribution in [0.2, 0.25) is 0 Å². The Labute approximate surface area is 183 Å². The van der Waals surface area contributed by atoms with E-state index in [9.17, 15) is 9.59 Å². The van der Waals surface area contributed by atoms with E-state index in [4.69, 9.17) is 12.2 Å². The molecular weight excluding hydrogens is 416 g/mol. The van der Waals surface area contributed by atoms with Crippen molar-refractivity contribution in [2.75, 3.05) is 18.4 Å². The van der Waals surface area contributed by atoms with E-state index in [-0.39, 0.29) is 11.5 Å². The Morgan fingerprint density at radius 2 is 1.90 bits per heavy atom. The number of likely N-dealkylation sites (N-methyl/N-ethyl adjacent to an activating group) is 1. The molecule has 0 atom stereocenters. The minimum absolute atomic E-state index is 0.180. The molecule has 0 aliphatic carbocycles. The maximum absolute atomic E-state index is 13.2. The number of fused-ring (bicyclic) bond motifs is 1. The largest absolute Gasteiger partial charge is 0.369 e. The molecule has 8 heteroatoms. The molecule has 0 bridgehead atoms. The van der Waals surface area contributed by atoms with Crippen molar-refractivity contribution >= 4 is 51.7 Å². The number of carbonyl (C=O) groups excluding carboxylic acids is 1. The third-order valence-electron chi connectivity index (χ3n) is 4.78. The lowest BCUT2D eigenvalue weighted by Crippen LogP contribution is -2.27. The lowest BCUT2D eigenvalue weighted by Gasteiger charge is -2.11. The Bertz CT molecular complexity index is 1200. The Hall–Kier alpha value is -2.97. The minimum Gasteiger partial charge on any atom is -0.369 e. The average molecular weight is 437 g/mol. The molecule has 1 aromatic carbocycles. The Morgan fingerprint density at radius 3 is 2.63 bits per heavy atom. The molecule has 2 aromatic heterocycles. The fourth-order valence-corrected chi connectivity index (χ4v) is 4.61. The van der Waals surface area contributed by atoms with E-state index in [0.717, 1.165) is 6.42 Å². The van der Waals surface area contributed by atoms with Crippen LogP contribution in [-0.4, -0.2) is 37.6 Å². The number of carbonyl (C=O) groups is 1. The van der Waals surface area contributed by atoms with E-state index in [2.05, 4.69) is 22.4 Å². The number of rotatable bonds is 6. The number of thioether (sulfide) groups is 1. The van der Waals surface area contributed by atoms with Crippen molar-refractivity contribution in [3.63, 3.8) is 0 Å². The highest BCUT2D eigenvalue weighted by Gasteiger charge is 2.31. The Morgan fingerprint density at radius 1 is 1.13 bits per heavy atom. The summed E-state index contributed by atoms with van der Waals surface area (Å²) >= 11 is 6.50. The van der Waals surface area contributed by atoms with Crippen molar-refractivity contribution in [1.29, 1.82) is 0 Å². The number of anilines is 1. The molecule has 1 fully saturated rings. The summed E-state index contributed by atoms with van der Waals surface area (Å²) in [7, 11) is 0. The molecule has 1 N–H and O–H groups in total. The molecule has 1 aliphatic heterocycles. The maximum Gasteiger partial charge on any atom is 0.267 e. The fourth-order valence-electron chi connectivity index (χ4n) is 3.24. The normalized spacial score (nSPS) is 15.4. The molecule has 3 aromatic rings. The van der Waals surface area contributed by atoms with Gasteiger partial charge in [-0.05, 0) is 37.1 Å². The molecule has 0 radical (unpaired) electrons.